The molecule has 6 aromatic carbocycles. The minimum absolute atomic E-state index is 0. The molecule has 0 amide bonds. The molecule has 301 valence electrons. The Morgan fingerprint density at radius 1 is 0.211 bits per heavy atom. The van der Waals surface area contributed by atoms with Crippen molar-refractivity contribution in [1.82, 2.24) is 0 Å². The van der Waals surface area contributed by atoms with Gasteiger partial charge in [0.25, 0.3) is 0 Å². The molecule has 0 saturated heterocycles. The van der Waals surface area contributed by atoms with E-state index in [1.165, 1.54) is 100 Å². The summed E-state index contributed by atoms with van der Waals surface area (Å²) in [5, 5.41) is 0. The largest absolute Gasteiger partial charge is 4.00 e. The third-order valence-electron chi connectivity index (χ3n) is 7.70. The van der Waals surface area contributed by atoms with Crippen LogP contribution in [0.25, 0.3) is 6.15 Å². The Kier molecular flexibility index (Phi) is 30.3. The summed E-state index contributed by atoms with van der Waals surface area (Å²) in [5.41, 5.74) is 22.7. The fourth-order valence-electron chi connectivity index (χ4n) is 6.65. The minimum Gasteiger partial charge on any atom is -0.693 e. The first-order valence-corrected chi connectivity index (χ1v) is 18.9. The van der Waals surface area contributed by atoms with Gasteiger partial charge < -0.3 is 6.15 Å². The van der Waals surface area contributed by atoms with E-state index < -0.39 is 0 Å². The summed E-state index contributed by atoms with van der Waals surface area (Å²) >= 11 is 0. The van der Waals surface area contributed by atoms with Gasteiger partial charge in [0.2, 0.25) is 0 Å². The van der Waals surface area contributed by atoms with Crippen molar-refractivity contribution in [2.75, 3.05) is 0 Å². The third kappa shape index (κ3) is 28.7. The molecular weight excluding hydrogens is 854 g/mol. The van der Waals surface area contributed by atoms with Gasteiger partial charge in [-0.3, -0.25) is 0 Å². The molecule has 0 spiro atoms. The maximum Gasteiger partial charge on any atom is 4.00 e. The first kappa shape index (κ1) is 58.0. The number of aryl methyl sites for hydroxylation is 18. The van der Waals surface area contributed by atoms with Crippen LogP contribution >= 0.6 is 0 Å². The molecule has 0 atom stereocenters. The summed E-state index contributed by atoms with van der Waals surface area (Å²) in [5.74, 6) is 0. The van der Waals surface area contributed by atoms with Crippen molar-refractivity contribution in [3.05, 3.63) is 215 Å². The predicted molar refractivity (Wildman–Crippen MR) is 242 cm³/mol. The summed E-state index contributed by atoms with van der Waals surface area (Å²) < 4.78 is 0. The second-order valence-corrected chi connectivity index (χ2v) is 15.1. The first-order valence-electron chi connectivity index (χ1n) is 18.9. The molecule has 0 heterocycles. The number of rotatable bonds is 0. The monoisotopic (exact) mass is 926 g/mol. The fraction of sp³-hybridized carbons (Fsp3) is 0.333. The number of benzene rings is 6. The first-order chi connectivity index (χ1) is 25.1. The van der Waals surface area contributed by atoms with E-state index in [0.717, 1.165) is 0 Å². The Labute approximate surface area is 379 Å². The number of nitrogens with two attached hydrogens (primary N) is 1. The Hall–Kier alpha value is -3.34. The van der Waals surface area contributed by atoms with Crippen molar-refractivity contribution in [2.24, 2.45) is 0 Å². The zero-order chi connectivity index (χ0) is 41.1. The molecule has 1 radical (unpaired) electrons. The van der Waals surface area contributed by atoms with Gasteiger partial charge in [-0.05, 0) is 0 Å². The molecule has 0 unspecified atom stereocenters. The van der Waals surface area contributed by atoms with E-state index in [-0.39, 0.29) is 48.3 Å². The normalized spacial score (nSPS) is 9.16. The van der Waals surface area contributed by atoms with Gasteiger partial charge in [-0.2, -0.15) is 209 Å². The van der Waals surface area contributed by atoms with Crippen molar-refractivity contribution in [3.63, 3.8) is 0 Å². The molecule has 6 aromatic rings. The Morgan fingerprint density at radius 2 is 0.281 bits per heavy atom. The standard InChI is InChI=1S/6C9H11.2Mo.H2N/c6*1-7-4-8(2)6-9(3)5-7;;;/h6*4-5H,1-3H3;;;1H2/q6*-1;+3;+4;-1. The van der Waals surface area contributed by atoms with Gasteiger partial charge in [0.1, 0.15) is 0 Å². The molecule has 0 bridgehead atoms. The van der Waals surface area contributed by atoms with Crippen molar-refractivity contribution in [1.29, 1.82) is 0 Å². The second-order valence-electron chi connectivity index (χ2n) is 15.1. The van der Waals surface area contributed by atoms with Crippen LogP contribution in [-0.2, 0) is 42.1 Å². The maximum absolute atomic E-state index is 3.21. The third-order valence-corrected chi connectivity index (χ3v) is 7.70. The minimum atomic E-state index is 0. The van der Waals surface area contributed by atoms with Crippen LogP contribution < -0.4 is 0 Å². The zero-order valence-electron chi connectivity index (χ0n) is 38.3. The average Bonchev–Trinajstić information content (AvgIpc) is 2.94. The van der Waals surface area contributed by atoms with Crippen molar-refractivity contribution >= 4 is 0 Å². The van der Waals surface area contributed by atoms with Crippen LogP contribution in [0, 0.1) is 161 Å². The van der Waals surface area contributed by atoms with E-state index >= 15 is 0 Å². The molecule has 0 fully saturated rings. The van der Waals surface area contributed by atoms with Crippen LogP contribution in [0.3, 0.4) is 0 Å². The molecule has 0 aliphatic heterocycles. The molecule has 0 aliphatic rings. The van der Waals surface area contributed by atoms with E-state index in [9.17, 15) is 0 Å². The average molecular weight is 923 g/mol. The van der Waals surface area contributed by atoms with Crippen molar-refractivity contribution in [2.45, 2.75) is 125 Å². The molecule has 0 aromatic heterocycles. The number of hydrogen-bond donors (Lipinski definition) is 0. The summed E-state index contributed by atoms with van der Waals surface area (Å²) in [7, 11) is 0. The van der Waals surface area contributed by atoms with Crippen LogP contribution in [-0.4, -0.2) is 0 Å². The van der Waals surface area contributed by atoms with Gasteiger partial charge in [-0.1, -0.05) is 125 Å². The van der Waals surface area contributed by atoms with Crippen LogP contribution in [0.5, 0.6) is 0 Å². The Morgan fingerprint density at radius 3 is 0.333 bits per heavy atom. The quantitative estimate of drug-likeness (QED) is 0.107. The maximum atomic E-state index is 3.21. The molecule has 0 aliphatic carbocycles. The topological polar surface area (TPSA) is 33.5 Å². The van der Waals surface area contributed by atoms with Crippen molar-refractivity contribution < 1.29 is 42.1 Å². The van der Waals surface area contributed by atoms with Crippen LogP contribution in [0.15, 0.2) is 72.8 Å². The van der Waals surface area contributed by atoms with E-state index in [0.29, 0.717) is 0 Å². The molecule has 0 saturated carbocycles. The predicted octanol–water partition coefficient (Wildman–Crippen LogP) is 15.2. The SMILES string of the molecule is Cc1[c-]c(C)cc(C)c1.Cc1[c-]c(C)cc(C)c1.Cc1[c-]c(C)cc(C)c1.Cc1[c-]c(C)cc(C)c1.Cc1[c-]c(C)cc(C)c1.Cc1[c-]c(C)cc(C)c1.[Mo+3].[Mo+4].[NH2-]. The van der Waals surface area contributed by atoms with Crippen molar-refractivity contribution in [3.8, 4) is 0 Å². The molecule has 1 nitrogen and oxygen atoms in total. The van der Waals surface area contributed by atoms with Gasteiger partial charge in [-0.15, -0.1) is 0 Å². The van der Waals surface area contributed by atoms with E-state index in [2.05, 4.69) is 234 Å². The smallest absolute Gasteiger partial charge is 0.693 e. The van der Waals surface area contributed by atoms with E-state index in [1.54, 1.807) is 0 Å². The molecule has 2 N–H and O–H groups in total. The second kappa shape index (κ2) is 29.8. The van der Waals surface area contributed by atoms with Gasteiger partial charge in [-0.25, -0.2) is 0 Å². The Balaban J connectivity index is -0.000000607. The van der Waals surface area contributed by atoms with Gasteiger partial charge in [0, 0.05) is 0 Å². The molecular formula is C54H68Mo2N. The van der Waals surface area contributed by atoms with Crippen LogP contribution in [0.2, 0.25) is 0 Å². The molecule has 3 heteroatoms. The fourth-order valence-corrected chi connectivity index (χ4v) is 6.65. The summed E-state index contributed by atoms with van der Waals surface area (Å²) in [6.45, 7) is 37.5. The summed E-state index contributed by atoms with van der Waals surface area (Å²) in [6, 6.07) is 44.8. The molecule has 6 rings (SSSR count). The molecule has 57 heavy (non-hydrogen) atoms. The van der Waals surface area contributed by atoms with Gasteiger partial charge in [0.05, 0.1) is 0 Å². The number of hydrogen-bond acceptors (Lipinski definition) is 0. The van der Waals surface area contributed by atoms with E-state index in [1.807, 2.05) is 0 Å². The summed E-state index contributed by atoms with van der Waals surface area (Å²) in [4.78, 5) is 0. The van der Waals surface area contributed by atoms with Gasteiger partial charge >= 0.3 is 42.1 Å². The zero-order valence-corrected chi connectivity index (χ0v) is 42.3. The Bertz CT molecular complexity index is 1370. The summed E-state index contributed by atoms with van der Waals surface area (Å²) in [6.07, 6.45) is 0. The van der Waals surface area contributed by atoms with Crippen LogP contribution in [0.4, 0.5) is 0 Å². The van der Waals surface area contributed by atoms with Crippen LogP contribution in [0.1, 0.15) is 100 Å². The van der Waals surface area contributed by atoms with Gasteiger partial charge in [0.15, 0.2) is 0 Å². The van der Waals surface area contributed by atoms with E-state index in [4.69, 9.17) is 0 Å².